The number of nitro groups is 1. The Morgan fingerprint density at radius 1 is 0.958 bits per heavy atom. The molecule has 1 aromatic heterocycles. The van der Waals surface area contributed by atoms with Gasteiger partial charge in [0.2, 0.25) is 0 Å². The first-order chi connectivity index (χ1) is 11.6. The summed E-state index contributed by atoms with van der Waals surface area (Å²) in [6.45, 7) is 0. The molecule has 0 saturated carbocycles. The van der Waals surface area contributed by atoms with Crippen LogP contribution in [-0.4, -0.2) is 21.7 Å². The van der Waals surface area contributed by atoms with Crippen molar-refractivity contribution in [1.82, 2.24) is 4.98 Å². The summed E-state index contributed by atoms with van der Waals surface area (Å²) in [5, 5.41) is 12.1. The second-order valence-electron chi connectivity index (χ2n) is 5.29. The fourth-order valence-electron chi connectivity index (χ4n) is 2.89. The number of hydrogen-bond acceptors (Lipinski definition) is 5. The lowest BCUT2D eigenvalue weighted by Crippen LogP contribution is -2.41. The summed E-state index contributed by atoms with van der Waals surface area (Å²) in [5.41, 5.74) is 0.251. The molecule has 0 radical (unpaired) electrons. The van der Waals surface area contributed by atoms with Crippen molar-refractivity contribution in [3.05, 3.63) is 76.0 Å². The van der Waals surface area contributed by atoms with Gasteiger partial charge in [-0.3, -0.25) is 19.7 Å². The van der Waals surface area contributed by atoms with E-state index in [1.807, 2.05) is 0 Å². The molecule has 0 saturated heterocycles. The van der Waals surface area contributed by atoms with Gasteiger partial charge in [0.15, 0.2) is 0 Å². The van der Waals surface area contributed by atoms with E-state index in [1.165, 1.54) is 24.4 Å². The third-order valence-electron chi connectivity index (χ3n) is 3.92. The Kier molecular flexibility index (Phi) is 2.89. The summed E-state index contributed by atoms with van der Waals surface area (Å²) in [6, 6.07) is 12.3. The van der Waals surface area contributed by atoms with Crippen LogP contribution in [0.3, 0.4) is 0 Å². The molecule has 0 unspecified atom stereocenters. The minimum atomic E-state index is -0.619. The molecule has 116 valence electrons. The molecule has 2 amide bonds. The number of pyridine rings is 1. The van der Waals surface area contributed by atoms with Crippen molar-refractivity contribution >= 4 is 34.1 Å². The lowest BCUT2D eigenvalue weighted by Gasteiger charge is -2.26. The molecular formula is C17H9N3O4. The number of nitrogens with zero attached hydrogens (tertiary/aromatic N) is 3. The van der Waals surface area contributed by atoms with Crippen LogP contribution < -0.4 is 4.90 Å². The summed E-state index contributed by atoms with van der Waals surface area (Å²) in [7, 11) is 0. The summed E-state index contributed by atoms with van der Waals surface area (Å²) in [5.74, 6) is -0.932. The van der Waals surface area contributed by atoms with Crippen molar-refractivity contribution in [3.8, 4) is 0 Å². The van der Waals surface area contributed by atoms with Crippen molar-refractivity contribution in [2.45, 2.75) is 0 Å². The number of non-ortho nitro benzene ring substituents is 1. The highest BCUT2D eigenvalue weighted by molar-refractivity contribution is 6.35. The Hall–Kier alpha value is -3.61. The van der Waals surface area contributed by atoms with Crippen molar-refractivity contribution < 1.29 is 14.5 Å². The molecule has 0 bridgehead atoms. The quantitative estimate of drug-likeness (QED) is 0.411. The molecule has 1 aliphatic rings. The second kappa shape index (κ2) is 4.95. The molecule has 0 fully saturated rings. The number of nitro benzene ring substituents is 1. The predicted octanol–water partition coefficient (Wildman–Crippen LogP) is 2.94. The summed E-state index contributed by atoms with van der Waals surface area (Å²) >= 11 is 0. The Bertz CT molecular complexity index is 1030. The van der Waals surface area contributed by atoms with Crippen LogP contribution in [0.4, 0.5) is 11.5 Å². The van der Waals surface area contributed by atoms with Crippen molar-refractivity contribution in [2.75, 3.05) is 4.90 Å². The number of aromatic nitrogens is 1. The first-order valence-electron chi connectivity index (χ1n) is 7.09. The highest BCUT2D eigenvalue weighted by Gasteiger charge is 2.35. The molecule has 4 rings (SSSR count). The molecule has 2 heterocycles. The van der Waals surface area contributed by atoms with Crippen LogP contribution in [0.25, 0.3) is 10.8 Å². The summed E-state index contributed by atoms with van der Waals surface area (Å²) < 4.78 is 0. The molecular weight excluding hydrogens is 310 g/mol. The van der Waals surface area contributed by atoms with Gasteiger partial charge in [-0.15, -0.1) is 0 Å². The topological polar surface area (TPSA) is 93.4 Å². The van der Waals surface area contributed by atoms with Gasteiger partial charge in [0.05, 0.1) is 10.5 Å². The number of rotatable bonds is 2. The lowest BCUT2D eigenvalue weighted by atomic mass is 9.93. The van der Waals surface area contributed by atoms with Gasteiger partial charge in [0.1, 0.15) is 5.82 Å². The van der Waals surface area contributed by atoms with Gasteiger partial charge in [0.25, 0.3) is 17.5 Å². The van der Waals surface area contributed by atoms with Gasteiger partial charge < -0.3 is 0 Å². The fourth-order valence-corrected chi connectivity index (χ4v) is 2.89. The smallest absolute Gasteiger partial charge is 0.268 e. The maximum absolute atomic E-state index is 12.8. The normalized spacial score (nSPS) is 13.4. The molecule has 0 atom stereocenters. The molecule has 7 nitrogen and oxygen atoms in total. The SMILES string of the molecule is O=C1c2cccc3cc([N+](=O)[O-])cc(c23)C(=O)N1c1ccccn1. The van der Waals surface area contributed by atoms with Crippen LogP contribution in [0.1, 0.15) is 20.7 Å². The van der Waals surface area contributed by atoms with E-state index in [2.05, 4.69) is 4.98 Å². The minimum absolute atomic E-state index is 0.125. The van der Waals surface area contributed by atoms with Crippen LogP contribution in [0.5, 0.6) is 0 Å². The van der Waals surface area contributed by atoms with Crippen LogP contribution in [0.15, 0.2) is 54.7 Å². The first-order valence-corrected chi connectivity index (χ1v) is 7.09. The zero-order valence-electron chi connectivity index (χ0n) is 12.2. The zero-order chi connectivity index (χ0) is 16.8. The molecule has 3 aromatic rings. The Morgan fingerprint density at radius 3 is 2.46 bits per heavy atom. The van der Waals surface area contributed by atoms with Crippen molar-refractivity contribution in [1.29, 1.82) is 0 Å². The van der Waals surface area contributed by atoms with Gasteiger partial charge in [-0.05, 0) is 23.6 Å². The molecule has 2 aromatic carbocycles. The number of benzene rings is 2. The summed E-state index contributed by atoms with van der Waals surface area (Å²) in [6.07, 6.45) is 1.47. The Balaban J connectivity index is 2.03. The third-order valence-corrected chi connectivity index (χ3v) is 3.92. The maximum atomic E-state index is 12.8. The molecule has 24 heavy (non-hydrogen) atoms. The number of amides is 2. The molecule has 7 heteroatoms. The zero-order valence-corrected chi connectivity index (χ0v) is 12.2. The van der Waals surface area contributed by atoms with Gasteiger partial charge >= 0.3 is 0 Å². The number of imide groups is 1. The van der Waals surface area contributed by atoms with Gasteiger partial charge in [-0.2, -0.15) is 0 Å². The van der Waals surface area contributed by atoms with E-state index in [0.29, 0.717) is 16.3 Å². The van der Waals surface area contributed by atoms with Gasteiger partial charge in [-0.25, -0.2) is 9.88 Å². The van der Waals surface area contributed by atoms with Crippen LogP contribution in [0, 0.1) is 10.1 Å². The number of carbonyl (C=O) groups excluding carboxylic acids is 2. The average Bonchev–Trinajstić information content (AvgIpc) is 2.60. The summed E-state index contributed by atoms with van der Waals surface area (Å²) in [4.78, 5) is 41.2. The average molecular weight is 319 g/mol. The Labute approximate surface area is 135 Å². The van der Waals surface area contributed by atoms with Crippen molar-refractivity contribution in [2.24, 2.45) is 0 Å². The first kappa shape index (κ1) is 14.0. The van der Waals surface area contributed by atoms with Crippen molar-refractivity contribution in [3.63, 3.8) is 0 Å². The highest BCUT2D eigenvalue weighted by atomic mass is 16.6. The molecule has 0 aliphatic carbocycles. The van der Waals surface area contributed by atoms with Crippen LogP contribution in [0.2, 0.25) is 0 Å². The number of carbonyl (C=O) groups is 2. The fraction of sp³-hybridized carbons (Fsp3) is 0. The van der Waals surface area contributed by atoms with Crippen LogP contribution in [-0.2, 0) is 0 Å². The monoisotopic (exact) mass is 319 g/mol. The lowest BCUT2D eigenvalue weighted by molar-refractivity contribution is -0.384. The van der Waals surface area contributed by atoms with E-state index in [-0.39, 0.29) is 17.1 Å². The number of hydrogen-bond donors (Lipinski definition) is 0. The molecule has 0 spiro atoms. The predicted molar refractivity (Wildman–Crippen MR) is 86.0 cm³/mol. The van der Waals surface area contributed by atoms with Gasteiger partial charge in [-0.1, -0.05) is 18.2 Å². The van der Waals surface area contributed by atoms with Gasteiger partial charge in [0, 0.05) is 29.3 Å². The molecule has 1 aliphatic heterocycles. The van der Waals surface area contributed by atoms with E-state index in [0.717, 1.165) is 4.90 Å². The third kappa shape index (κ3) is 1.88. The van der Waals surface area contributed by atoms with E-state index < -0.39 is 16.7 Å². The van der Waals surface area contributed by atoms with E-state index in [4.69, 9.17) is 0 Å². The number of anilines is 1. The highest BCUT2D eigenvalue weighted by Crippen LogP contribution is 2.34. The largest absolute Gasteiger partial charge is 0.270 e. The second-order valence-corrected chi connectivity index (χ2v) is 5.29. The Morgan fingerprint density at radius 2 is 1.75 bits per heavy atom. The van der Waals surface area contributed by atoms with E-state index in [1.54, 1.807) is 30.3 Å². The molecule has 0 N–H and O–H groups in total. The maximum Gasteiger partial charge on any atom is 0.270 e. The minimum Gasteiger partial charge on any atom is -0.268 e. The standard InChI is InChI=1S/C17H9N3O4/c21-16-12-5-3-4-10-8-11(20(23)24)9-13(15(10)12)17(22)19(16)14-6-1-2-7-18-14/h1-9H. The van der Waals surface area contributed by atoms with E-state index >= 15 is 0 Å². The van der Waals surface area contributed by atoms with Crippen LogP contribution >= 0.6 is 0 Å². The van der Waals surface area contributed by atoms with E-state index in [9.17, 15) is 19.7 Å².